The number of fused-ring (bicyclic) bond motifs is 3. The summed E-state index contributed by atoms with van der Waals surface area (Å²) in [4.78, 5) is 40.6. The Hall–Kier alpha value is -3.72. The van der Waals surface area contributed by atoms with Gasteiger partial charge in [0.25, 0.3) is 5.91 Å². The average molecular weight is 494 g/mol. The number of nitrogens with one attached hydrogen (secondary N) is 2. The molecule has 9 heteroatoms. The second-order valence-electron chi connectivity index (χ2n) is 8.30. The molecule has 0 fully saturated rings. The van der Waals surface area contributed by atoms with Crippen molar-refractivity contribution in [3.63, 3.8) is 0 Å². The van der Waals surface area contributed by atoms with Gasteiger partial charge in [0.05, 0.1) is 12.7 Å². The number of hydrogen-bond acceptors (Lipinski definition) is 6. The molecule has 0 radical (unpaired) electrons. The minimum absolute atomic E-state index is 0.0294. The lowest BCUT2D eigenvalue weighted by molar-refractivity contribution is -0.139. The van der Waals surface area contributed by atoms with Crippen LogP contribution in [0.5, 0.6) is 0 Å². The van der Waals surface area contributed by atoms with E-state index in [1.54, 1.807) is 0 Å². The largest absolute Gasteiger partial charge is 0.480 e. The second-order valence-corrected chi connectivity index (χ2v) is 9.42. The lowest BCUT2D eigenvalue weighted by atomic mass is 9.98. The number of benzene rings is 2. The zero-order valence-electron chi connectivity index (χ0n) is 19.3. The summed E-state index contributed by atoms with van der Waals surface area (Å²) in [5.74, 6) is -1.58. The van der Waals surface area contributed by atoms with Gasteiger partial charge in [-0.25, -0.2) is 14.6 Å². The highest BCUT2D eigenvalue weighted by molar-refractivity contribution is 7.13. The number of alkyl carbamates (subject to hydrolysis) is 1. The van der Waals surface area contributed by atoms with Crippen molar-refractivity contribution in [2.24, 2.45) is 0 Å². The van der Waals surface area contributed by atoms with Gasteiger partial charge in [-0.3, -0.25) is 4.79 Å². The van der Waals surface area contributed by atoms with Gasteiger partial charge < -0.3 is 20.5 Å². The summed E-state index contributed by atoms with van der Waals surface area (Å²) in [6.45, 7) is 2.27. The monoisotopic (exact) mass is 493 g/mol. The van der Waals surface area contributed by atoms with Gasteiger partial charge in [-0.2, -0.15) is 0 Å². The number of carboxylic acid groups (broad SMARTS) is 1. The molecule has 2 amide bonds. The molecular formula is C26H27N3O5S. The van der Waals surface area contributed by atoms with Crippen molar-refractivity contribution in [2.75, 3.05) is 6.61 Å². The van der Waals surface area contributed by atoms with Crippen LogP contribution in [0, 0.1) is 0 Å². The maximum atomic E-state index is 12.4. The second kappa shape index (κ2) is 11.1. The fourth-order valence-corrected chi connectivity index (χ4v) is 4.95. The Morgan fingerprint density at radius 3 is 2.37 bits per heavy atom. The number of amides is 2. The van der Waals surface area contributed by atoms with Gasteiger partial charge in [0, 0.05) is 5.92 Å². The number of carbonyl (C=O) groups excluding carboxylic acids is 2. The molecule has 8 nitrogen and oxygen atoms in total. The first-order valence-electron chi connectivity index (χ1n) is 11.5. The van der Waals surface area contributed by atoms with E-state index in [1.165, 1.54) is 6.20 Å². The fourth-order valence-electron chi connectivity index (χ4n) is 4.19. The maximum Gasteiger partial charge on any atom is 0.407 e. The smallest absolute Gasteiger partial charge is 0.407 e. The first kappa shape index (κ1) is 24.4. The van der Waals surface area contributed by atoms with Gasteiger partial charge >= 0.3 is 12.1 Å². The number of aromatic nitrogens is 1. The average Bonchev–Trinajstić information content (AvgIpc) is 3.47. The van der Waals surface area contributed by atoms with Gasteiger partial charge in [-0.1, -0.05) is 68.3 Å². The predicted octanol–water partition coefficient (Wildman–Crippen LogP) is 4.56. The van der Waals surface area contributed by atoms with Crippen LogP contribution >= 0.6 is 11.3 Å². The van der Waals surface area contributed by atoms with Crippen molar-refractivity contribution in [3.05, 3.63) is 75.7 Å². The lowest BCUT2D eigenvalue weighted by Gasteiger charge is -2.14. The minimum atomic E-state index is -1.06. The first-order valence-corrected chi connectivity index (χ1v) is 12.4. The molecule has 3 aromatic rings. The molecule has 0 aliphatic heterocycles. The molecule has 35 heavy (non-hydrogen) atoms. The quantitative estimate of drug-likeness (QED) is 0.381. The number of nitrogens with zero attached hydrogens (tertiary/aromatic N) is 1. The zero-order valence-corrected chi connectivity index (χ0v) is 20.1. The van der Waals surface area contributed by atoms with Crippen molar-refractivity contribution in [2.45, 2.75) is 44.7 Å². The summed E-state index contributed by atoms with van der Waals surface area (Å²) in [5.41, 5.74) is 4.59. The van der Waals surface area contributed by atoms with E-state index in [4.69, 9.17) is 4.74 Å². The van der Waals surface area contributed by atoms with E-state index in [9.17, 15) is 19.5 Å². The molecule has 0 unspecified atom stereocenters. The van der Waals surface area contributed by atoms with Crippen LogP contribution in [0.3, 0.4) is 0 Å². The van der Waals surface area contributed by atoms with Crippen molar-refractivity contribution >= 4 is 29.3 Å². The summed E-state index contributed by atoms with van der Waals surface area (Å²) in [6, 6.07) is 15.3. The molecule has 2 aromatic carbocycles. The summed E-state index contributed by atoms with van der Waals surface area (Å²) < 4.78 is 5.51. The number of carbonyl (C=O) groups is 3. The molecule has 3 N–H and O–H groups in total. The van der Waals surface area contributed by atoms with E-state index >= 15 is 0 Å². The Morgan fingerprint density at radius 2 is 1.74 bits per heavy atom. The first-order chi connectivity index (χ1) is 17.0. The maximum absolute atomic E-state index is 12.4. The lowest BCUT2D eigenvalue weighted by Crippen LogP contribution is -2.40. The fraction of sp³-hybridized carbons (Fsp3) is 0.308. The molecule has 0 saturated heterocycles. The molecule has 1 aliphatic carbocycles. The van der Waals surface area contributed by atoms with Gasteiger partial charge in [0.15, 0.2) is 0 Å². The van der Waals surface area contributed by atoms with Gasteiger partial charge in [-0.05, 0) is 28.7 Å². The van der Waals surface area contributed by atoms with Crippen LogP contribution in [0.4, 0.5) is 4.79 Å². The van der Waals surface area contributed by atoms with Crippen molar-refractivity contribution in [3.8, 4) is 11.1 Å². The number of hydrogen-bond donors (Lipinski definition) is 3. The molecular weight excluding hydrogens is 466 g/mol. The van der Waals surface area contributed by atoms with Crippen LogP contribution < -0.4 is 10.6 Å². The summed E-state index contributed by atoms with van der Waals surface area (Å²) in [5, 5.41) is 15.0. The number of thiazole rings is 1. The van der Waals surface area contributed by atoms with E-state index < -0.39 is 24.0 Å². The third-order valence-corrected chi connectivity index (χ3v) is 6.95. The number of rotatable bonds is 10. The van der Waals surface area contributed by atoms with Crippen LogP contribution in [0.2, 0.25) is 0 Å². The van der Waals surface area contributed by atoms with Gasteiger partial charge in [0.2, 0.25) is 0 Å². The van der Waals surface area contributed by atoms with Crippen LogP contribution in [-0.2, 0) is 16.1 Å². The number of aliphatic carboxylic acids is 1. The molecule has 4 rings (SSSR count). The zero-order chi connectivity index (χ0) is 24.8. The standard InChI is InChI=1S/C26H27N3O5S/c1-2-3-12-21(25(31)32)29-24(30)22-13-27-23(35-22)14-28-26(33)34-15-20-18-10-6-4-8-16(18)17-9-5-7-11-19(17)20/h4-11,13,20-21H,2-3,12,14-15H2,1H3,(H,28,33)(H,29,30)(H,31,32)/t21-/m0/s1. The highest BCUT2D eigenvalue weighted by atomic mass is 32.1. The Labute approximate surface area is 207 Å². The Morgan fingerprint density at radius 1 is 1.09 bits per heavy atom. The Bertz CT molecular complexity index is 1180. The predicted molar refractivity (Wildman–Crippen MR) is 132 cm³/mol. The van der Waals surface area contributed by atoms with E-state index in [-0.39, 0.29) is 23.9 Å². The van der Waals surface area contributed by atoms with E-state index in [1.807, 2.05) is 31.2 Å². The van der Waals surface area contributed by atoms with Crippen molar-refractivity contribution in [1.82, 2.24) is 15.6 Å². The van der Waals surface area contributed by atoms with Gasteiger partial charge in [-0.15, -0.1) is 11.3 Å². The summed E-state index contributed by atoms with van der Waals surface area (Å²) in [7, 11) is 0. The molecule has 1 heterocycles. The van der Waals surface area contributed by atoms with E-state index in [2.05, 4.69) is 39.9 Å². The summed E-state index contributed by atoms with van der Waals surface area (Å²) >= 11 is 1.10. The molecule has 1 atom stereocenters. The van der Waals surface area contributed by atoms with Crippen LogP contribution in [-0.4, -0.2) is 40.7 Å². The van der Waals surface area contributed by atoms with E-state index in [0.29, 0.717) is 17.8 Å². The molecule has 0 bridgehead atoms. The third kappa shape index (κ3) is 5.68. The molecule has 0 saturated carbocycles. The number of ether oxygens (including phenoxy) is 1. The summed E-state index contributed by atoms with van der Waals surface area (Å²) in [6.07, 6.45) is 2.72. The van der Waals surface area contributed by atoms with Crippen LogP contribution in [0.1, 0.15) is 57.9 Å². The van der Waals surface area contributed by atoms with Gasteiger partial charge in [0.1, 0.15) is 22.5 Å². The van der Waals surface area contributed by atoms with E-state index in [0.717, 1.165) is 40.0 Å². The third-order valence-electron chi connectivity index (χ3n) is 5.95. The highest BCUT2D eigenvalue weighted by Gasteiger charge is 2.29. The Balaban J connectivity index is 1.29. The normalized spacial score (nSPS) is 12.9. The SMILES string of the molecule is CCCC[C@H](NC(=O)c1cnc(CNC(=O)OCC2c3ccccc3-c3ccccc32)s1)C(=O)O. The molecule has 1 aromatic heterocycles. The van der Waals surface area contributed by atoms with Crippen LogP contribution in [0.25, 0.3) is 11.1 Å². The highest BCUT2D eigenvalue weighted by Crippen LogP contribution is 2.44. The molecule has 0 spiro atoms. The van der Waals surface area contributed by atoms with Crippen LogP contribution in [0.15, 0.2) is 54.7 Å². The number of carboxylic acids is 1. The number of unbranched alkanes of at least 4 members (excludes halogenated alkanes) is 1. The minimum Gasteiger partial charge on any atom is -0.480 e. The van der Waals surface area contributed by atoms with Crippen molar-refractivity contribution < 1.29 is 24.2 Å². The van der Waals surface area contributed by atoms with Crippen molar-refractivity contribution in [1.29, 1.82) is 0 Å². The Kier molecular flexibility index (Phi) is 7.77. The topological polar surface area (TPSA) is 118 Å². The molecule has 182 valence electrons. The molecule has 1 aliphatic rings.